The highest BCUT2D eigenvalue weighted by molar-refractivity contribution is 6.33. The van der Waals surface area contributed by atoms with E-state index < -0.39 is 0 Å². The predicted octanol–water partition coefficient (Wildman–Crippen LogP) is 4.03. The summed E-state index contributed by atoms with van der Waals surface area (Å²) < 4.78 is 0. The third kappa shape index (κ3) is 7.03. The van der Waals surface area contributed by atoms with Crippen LogP contribution in [0.3, 0.4) is 0 Å². The Morgan fingerprint density at radius 1 is 1.06 bits per heavy atom. The average molecular weight is 480 g/mol. The first-order chi connectivity index (χ1) is 16.4. The minimum absolute atomic E-state index is 0.219. The summed E-state index contributed by atoms with van der Waals surface area (Å²) >= 11 is 6.29. The van der Waals surface area contributed by atoms with Crippen LogP contribution in [0.5, 0.6) is 0 Å². The van der Waals surface area contributed by atoms with E-state index in [1.807, 2.05) is 25.1 Å². The molecule has 0 bridgehead atoms. The topological polar surface area (TPSA) is 111 Å². The van der Waals surface area contributed by atoms with Crippen molar-refractivity contribution in [2.24, 2.45) is 0 Å². The lowest BCUT2D eigenvalue weighted by molar-refractivity contribution is -0.111. The van der Waals surface area contributed by atoms with E-state index in [0.717, 1.165) is 0 Å². The number of nitrogens with zero attached hydrogens (tertiary/aromatic N) is 3. The second-order valence-corrected chi connectivity index (χ2v) is 7.91. The number of amides is 2. The van der Waals surface area contributed by atoms with Crippen molar-refractivity contribution in [3.05, 3.63) is 77.5 Å². The molecule has 9 nitrogen and oxygen atoms in total. The highest BCUT2D eigenvalue weighted by atomic mass is 35.5. The molecule has 0 saturated heterocycles. The number of likely N-dealkylation sites (N-methyl/N-ethyl adjacent to an activating group) is 1. The Morgan fingerprint density at radius 2 is 1.82 bits per heavy atom. The fraction of sp³-hybridized carbons (Fsp3) is 0.167. The number of rotatable bonds is 9. The Kier molecular flexibility index (Phi) is 8.55. The standard InChI is InChI=1S/C24H26ClN7O2/c1-26-23(34)18-10-4-5-11-20(18)30-22-19(25)15-27-24(31-22)29-17-9-6-8-16(14-17)28-21(33)12-7-13-32(2)3/h4-12,14-15H,13H2,1-3H3,(H,26,34)(H,28,33)(H2,27,29,30,31)/b12-7+. The van der Waals surface area contributed by atoms with Gasteiger partial charge in [0.15, 0.2) is 5.82 Å². The first-order valence-electron chi connectivity index (χ1n) is 10.5. The van der Waals surface area contributed by atoms with Crippen LogP contribution in [0.15, 0.2) is 66.9 Å². The number of anilines is 5. The zero-order valence-corrected chi connectivity index (χ0v) is 19.8. The second kappa shape index (κ2) is 11.8. The number of halogens is 1. The molecule has 10 heteroatoms. The monoisotopic (exact) mass is 479 g/mol. The molecule has 0 aliphatic heterocycles. The van der Waals surface area contributed by atoms with Crippen molar-refractivity contribution in [2.45, 2.75) is 0 Å². The molecule has 0 atom stereocenters. The van der Waals surface area contributed by atoms with Gasteiger partial charge in [-0.2, -0.15) is 4.98 Å². The molecule has 0 spiro atoms. The third-order valence-corrected chi connectivity index (χ3v) is 4.80. The first-order valence-corrected chi connectivity index (χ1v) is 10.8. The number of nitrogens with one attached hydrogen (secondary N) is 4. The van der Waals surface area contributed by atoms with E-state index in [0.29, 0.717) is 46.0 Å². The number of para-hydroxylation sites is 1. The maximum absolute atomic E-state index is 12.1. The van der Waals surface area contributed by atoms with Crippen molar-refractivity contribution >= 4 is 52.2 Å². The number of hydrogen-bond donors (Lipinski definition) is 4. The number of hydrogen-bond acceptors (Lipinski definition) is 7. The second-order valence-electron chi connectivity index (χ2n) is 7.50. The molecule has 34 heavy (non-hydrogen) atoms. The fourth-order valence-electron chi connectivity index (χ4n) is 2.93. The van der Waals surface area contributed by atoms with Crippen molar-refractivity contribution in [1.82, 2.24) is 20.2 Å². The number of carbonyl (C=O) groups is 2. The van der Waals surface area contributed by atoms with Crippen molar-refractivity contribution < 1.29 is 9.59 Å². The van der Waals surface area contributed by atoms with E-state index in [4.69, 9.17) is 11.6 Å². The number of aromatic nitrogens is 2. The van der Waals surface area contributed by atoms with E-state index in [-0.39, 0.29) is 11.8 Å². The van der Waals surface area contributed by atoms with E-state index >= 15 is 0 Å². The normalized spacial score (nSPS) is 10.9. The lowest BCUT2D eigenvalue weighted by Crippen LogP contribution is -2.19. The van der Waals surface area contributed by atoms with Crippen LogP contribution in [-0.4, -0.2) is 54.4 Å². The molecule has 3 aromatic rings. The lowest BCUT2D eigenvalue weighted by atomic mass is 10.1. The molecule has 0 radical (unpaired) electrons. The molecule has 2 amide bonds. The molecule has 0 aliphatic carbocycles. The van der Waals surface area contributed by atoms with Gasteiger partial charge in [0.25, 0.3) is 5.91 Å². The smallest absolute Gasteiger partial charge is 0.253 e. The van der Waals surface area contributed by atoms with E-state index in [2.05, 4.69) is 31.2 Å². The summed E-state index contributed by atoms with van der Waals surface area (Å²) in [6.45, 7) is 0.673. The first kappa shape index (κ1) is 24.7. The lowest BCUT2D eigenvalue weighted by Gasteiger charge is -2.13. The zero-order chi connectivity index (χ0) is 24.5. The average Bonchev–Trinajstić information content (AvgIpc) is 2.81. The third-order valence-electron chi connectivity index (χ3n) is 4.52. The van der Waals surface area contributed by atoms with Crippen LogP contribution in [0.1, 0.15) is 10.4 Å². The van der Waals surface area contributed by atoms with E-state index in [1.165, 1.54) is 12.3 Å². The zero-order valence-electron chi connectivity index (χ0n) is 19.1. The molecule has 0 aliphatic rings. The Balaban J connectivity index is 1.74. The predicted molar refractivity (Wildman–Crippen MR) is 136 cm³/mol. The van der Waals surface area contributed by atoms with Gasteiger partial charge in [-0.1, -0.05) is 35.9 Å². The van der Waals surface area contributed by atoms with Gasteiger partial charge in [-0.3, -0.25) is 9.59 Å². The summed E-state index contributed by atoms with van der Waals surface area (Å²) in [5, 5.41) is 11.9. The van der Waals surface area contributed by atoms with Gasteiger partial charge in [0.05, 0.1) is 17.4 Å². The quantitative estimate of drug-likeness (QED) is 0.343. The van der Waals surface area contributed by atoms with Gasteiger partial charge in [-0.25, -0.2) is 4.98 Å². The summed E-state index contributed by atoms with van der Waals surface area (Å²) in [6.07, 6.45) is 4.75. The van der Waals surface area contributed by atoms with Crippen LogP contribution in [0.25, 0.3) is 0 Å². The maximum Gasteiger partial charge on any atom is 0.253 e. The Morgan fingerprint density at radius 3 is 2.59 bits per heavy atom. The van der Waals surface area contributed by atoms with Crippen LogP contribution in [0, 0.1) is 0 Å². The van der Waals surface area contributed by atoms with Crippen LogP contribution in [0.2, 0.25) is 5.02 Å². The number of carbonyl (C=O) groups excluding carboxylic acids is 2. The Hall–Kier alpha value is -3.95. The maximum atomic E-state index is 12.1. The fourth-order valence-corrected chi connectivity index (χ4v) is 3.06. The molecule has 1 heterocycles. The minimum atomic E-state index is -0.234. The minimum Gasteiger partial charge on any atom is -0.355 e. The van der Waals surface area contributed by atoms with Gasteiger partial charge in [-0.15, -0.1) is 0 Å². The van der Waals surface area contributed by atoms with Gasteiger partial charge in [-0.05, 0) is 44.4 Å². The summed E-state index contributed by atoms with van der Waals surface area (Å²) in [6, 6.07) is 14.2. The summed E-state index contributed by atoms with van der Waals surface area (Å²) in [7, 11) is 5.42. The van der Waals surface area contributed by atoms with Crippen molar-refractivity contribution in [2.75, 3.05) is 43.6 Å². The molecular weight excluding hydrogens is 454 g/mol. The van der Waals surface area contributed by atoms with Crippen LogP contribution in [-0.2, 0) is 4.79 Å². The molecule has 1 aromatic heterocycles. The molecule has 4 N–H and O–H groups in total. The van der Waals surface area contributed by atoms with Crippen molar-refractivity contribution in [3.63, 3.8) is 0 Å². The highest BCUT2D eigenvalue weighted by Crippen LogP contribution is 2.27. The van der Waals surface area contributed by atoms with Crippen LogP contribution in [0.4, 0.5) is 28.8 Å². The Labute approximate surface area is 203 Å². The molecular formula is C24H26ClN7O2. The van der Waals surface area contributed by atoms with Gasteiger partial charge >= 0.3 is 0 Å². The molecule has 176 valence electrons. The molecule has 0 fully saturated rings. The van der Waals surface area contributed by atoms with Crippen molar-refractivity contribution in [3.8, 4) is 0 Å². The van der Waals surface area contributed by atoms with E-state index in [9.17, 15) is 9.59 Å². The van der Waals surface area contributed by atoms with Gasteiger partial charge in [0.2, 0.25) is 11.9 Å². The van der Waals surface area contributed by atoms with Crippen LogP contribution >= 0.6 is 11.6 Å². The van der Waals surface area contributed by atoms with Crippen molar-refractivity contribution in [1.29, 1.82) is 0 Å². The van der Waals surface area contributed by atoms with Crippen LogP contribution < -0.4 is 21.3 Å². The molecule has 2 aromatic carbocycles. The summed E-state index contributed by atoms with van der Waals surface area (Å²) in [5.41, 5.74) is 2.31. The summed E-state index contributed by atoms with van der Waals surface area (Å²) in [5.74, 6) is 0.176. The number of benzene rings is 2. The van der Waals surface area contributed by atoms with E-state index in [1.54, 1.807) is 55.6 Å². The Bertz CT molecular complexity index is 1200. The molecule has 3 rings (SSSR count). The highest BCUT2D eigenvalue weighted by Gasteiger charge is 2.12. The SMILES string of the molecule is CNC(=O)c1ccccc1Nc1nc(Nc2cccc(NC(=O)/C=C/CN(C)C)c2)ncc1Cl. The molecule has 0 saturated carbocycles. The van der Waals surface area contributed by atoms with Gasteiger partial charge < -0.3 is 26.2 Å². The summed E-state index contributed by atoms with van der Waals surface area (Å²) in [4.78, 5) is 34.9. The largest absolute Gasteiger partial charge is 0.355 e. The molecule has 0 unspecified atom stereocenters. The van der Waals surface area contributed by atoms with Gasteiger partial charge in [0, 0.05) is 31.0 Å². The van der Waals surface area contributed by atoms with Gasteiger partial charge in [0.1, 0.15) is 5.02 Å².